The van der Waals surface area contributed by atoms with Crippen molar-refractivity contribution in [3.8, 4) is 0 Å². The van der Waals surface area contributed by atoms with Gasteiger partial charge >= 0.3 is 16.8 Å². The molecule has 3 nitrogen and oxygen atoms in total. The fourth-order valence-electron chi connectivity index (χ4n) is 0. The Labute approximate surface area is 65.9 Å². The zero-order valence-electron chi connectivity index (χ0n) is 2.25. The predicted molar refractivity (Wildman–Crippen MR) is 1.08 cm³/mol. The maximum absolute atomic E-state index is 7.88. The van der Waals surface area contributed by atoms with E-state index in [0.717, 1.165) is 0 Å². The van der Waals surface area contributed by atoms with Crippen LogP contribution < -0.4 is 10.5 Å². The first-order chi connectivity index (χ1) is 1.41. The summed E-state index contributed by atoms with van der Waals surface area (Å²) >= 11 is 0. The van der Waals surface area contributed by atoms with Gasteiger partial charge in [0.2, 0.25) is 0 Å². The molecule has 6 heavy (non-hydrogen) atoms. The van der Waals surface area contributed by atoms with E-state index in [2.05, 4.69) is 0 Å². The van der Waals surface area contributed by atoms with Gasteiger partial charge in [-0.3, -0.25) is 0 Å². The van der Waals surface area contributed by atoms with Crippen LogP contribution in [0.2, 0.25) is 0 Å². The maximum Gasteiger partial charge on any atom is 2.00 e. The third-order valence-electron chi connectivity index (χ3n) is 0. The van der Waals surface area contributed by atoms with Crippen LogP contribution in [0.5, 0.6) is 0 Å². The first kappa shape index (κ1) is 26.2. The van der Waals surface area contributed by atoms with E-state index >= 15 is 0 Å². The van der Waals surface area contributed by atoms with Crippen LogP contribution in [-0.4, -0.2) is 0 Å². The van der Waals surface area contributed by atoms with E-state index in [4.69, 9.17) is 10.5 Å². The second kappa shape index (κ2) is 32.4. The van der Waals surface area contributed by atoms with Crippen molar-refractivity contribution >= 4 is 0 Å². The fourth-order valence-corrected chi connectivity index (χ4v) is 0. The molecule has 0 saturated carbocycles. The molecule has 0 bridgehead atoms. The molecule has 0 fully saturated rings. The van der Waals surface area contributed by atoms with E-state index in [1.165, 1.54) is 0 Å². The van der Waals surface area contributed by atoms with Crippen molar-refractivity contribution in [2.24, 2.45) is 0 Å². The SMILES string of the molecule is [Co+2].[Mn].[Ni].[O-]O[O-]. The standard InChI is InChI=1S/Co.Mn.Ni.H2O3/c;;;1-3-2/h;;;1-2H/q+2;;;/p-2. The minimum Gasteiger partial charge on any atom is -0.734 e. The van der Waals surface area contributed by atoms with Crippen molar-refractivity contribution in [2.75, 3.05) is 0 Å². The monoisotopic (exact) mass is 220 g/mol. The molecule has 0 aliphatic heterocycles. The zero-order chi connectivity index (χ0) is 2.71. The third kappa shape index (κ3) is 53.4. The Morgan fingerprint density at radius 2 is 1.17 bits per heavy atom. The van der Waals surface area contributed by atoms with Crippen molar-refractivity contribution in [3.63, 3.8) is 0 Å². The van der Waals surface area contributed by atoms with Crippen molar-refractivity contribution < 1.29 is 65.9 Å². The minimum atomic E-state index is 0. The molecule has 0 aromatic carbocycles. The molecule has 0 spiro atoms. The second-order valence-electron chi connectivity index (χ2n) is 0.0680. The predicted octanol–water partition coefficient (Wildman–Crippen LogP) is -2.45. The van der Waals surface area contributed by atoms with Gasteiger partial charge in [0.05, 0.1) is 0 Å². The van der Waals surface area contributed by atoms with Gasteiger partial charge in [0.25, 0.3) is 0 Å². The molecule has 0 aromatic heterocycles. The normalized spacial score (nSPS) is 3.00. The Hall–Kier alpha value is 1.40. The van der Waals surface area contributed by atoms with Crippen LogP contribution in [0.15, 0.2) is 0 Å². The van der Waals surface area contributed by atoms with Crippen LogP contribution in [0.4, 0.5) is 0 Å². The maximum atomic E-state index is 7.88. The van der Waals surface area contributed by atoms with Crippen molar-refractivity contribution in [2.45, 2.75) is 0 Å². The van der Waals surface area contributed by atoms with Gasteiger partial charge in [0.1, 0.15) is 0 Å². The van der Waals surface area contributed by atoms with Crippen LogP contribution in [-0.2, 0) is 55.4 Å². The smallest absolute Gasteiger partial charge is 0.734 e. The first-order valence-corrected chi connectivity index (χ1v) is 0.333. The third-order valence-corrected chi connectivity index (χ3v) is 0. The zero-order valence-corrected chi connectivity index (χ0v) is 5.46. The van der Waals surface area contributed by atoms with Crippen LogP contribution in [0, 0.1) is 0 Å². The average molecular weight is 221 g/mol. The van der Waals surface area contributed by atoms with Gasteiger partial charge in [-0.25, -0.2) is 0 Å². The molecule has 0 heterocycles. The number of rotatable bonds is 0. The summed E-state index contributed by atoms with van der Waals surface area (Å²) in [6.07, 6.45) is 0. The summed E-state index contributed by atoms with van der Waals surface area (Å²) in [6.45, 7) is 0. The van der Waals surface area contributed by atoms with E-state index in [0.29, 0.717) is 0 Å². The summed E-state index contributed by atoms with van der Waals surface area (Å²) in [5, 5.41) is 17.5. The van der Waals surface area contributed by atoms with Crippen molar-refractivity contribution in [3.05, 3.63) is 0 Å². The molecule has 2 radical (unpaired) electrons. The van der Waals surface area contributed by atoms with Crippen LogP contribution in [0.25, 0.3) is 0 Å². The summed E-state index contributed by atoms with van der Waals surface area (Å²) in [6, 6.07) is 0. The Bertz CT molecular complexity index is 10.8. The largest absolute Gasteiger partial charge is 2.00 e. The summed E-state index contributed by atoms with van der Waals surface area (Å²) in [7, 11) is 0. The summed E-state index contributed by atoms with van der Waals surface area (Å²) < 4.78 is 0. The van der Waals surface area contributed by atoms with E-state index in [-0.39, 0.29) is 50.3 Å². The van der Waals surface area contributed by atoms with Crippen LogP contribution in [0.3, 0.4) is 0 Å². The molecule has 44 valence electrons. The van der Waals surface area contributed by atoms with E-state index in [9.17, 15) is 0 Å². The molecule has 6 heteroatoms. The number of hydrogen-bond acceptors (Lipinski definition) is 3. The van der Waals surface area contributed by atoms with Gasteiger partial charge in [0, 0.05) is 33.6 Å². The molecule has 0 amide bonds. The molecule has 0 aliphatic rings. The number of hydrogen-bond donors (Lipinski definition) is 0. The molecule has 0 N–H and O–H groups in total. The van der Waals surface area contributed by atoms with E-state index in [1.807, 2.05) is 0 Å². The second-order valence-corrected chi connectivity index (χ2v) is 0.0680. The Kier molecular flexibility index (Phi) is 142. The van der Waals surface area contributed by atoms with E-state index in [1.54, 1.807) is 5.04 Å². The Morgan fingerprint density at radius 1 is 1.17 bits per heavy atom. The van der Waals surface area contributed by atoms with Crippen molar-refractivity contribution in [1.82, 2.24) is 0 Å². The molecular formula is CoMnNiO3. The van der Waals surface area contributed by atoms with Gasteiger partial charge in [-0.05, 0) is 0 Å². The molecular weight excluding hydrogens is 221 g/mol. The molecule has 0 atom stereocenters. The Morgan fingerprint density at radius 3 is 1.17 bits per heavy atom. The van der Waals surface area contributed by atoms with E-state index < -0.39 is 0 Å². The van der Waals surface area contributed by atoms with Gasteiger partial charge in [-0.2, -0.15) is 0 Å². The molecule has 0 rings (SSSR count). The summed E-state index contributed by atoms with van der Waals surface area (Å²) in [5.74, 6) is 0. The molecule has 0 saturated heterocycles. The van der Waals surface area contributed by atoms with Gasteiger partial charge < -0.3 is 15.6 Å². The minimum absolute atomic E-state index is 0. The average Bonchev–Trinajstić information content (AvgIpc) is 0.918. The topological polar surface area (TPSA) is 55.3 Å². The molecule has 0 aromatic rings. The van der Waals surface area contributed by atoms with Crippen LogP contribution in [0.1, 0.15) is 0 Å². The quantitative estimate of drug-likeness (QED) is 0.259. The van der Waals surface area contributed by atoms with Gasteiger partial charge in [-0.1, -0.05) is 0 Å². The Balaban J connectivity index is -0.00000000667. The summed E-state index contributed by atoms with van der Waals surface area (Å²) in [5.41, 5.74) is 0. The van der Waals surface area contributed by atoms with Gasteiger partial charge in [0.15, 0.2) is 0 Å². The summed E-state index contributed by atoms with van der Waals surface area (Å²) in [4.78, 5) is 0. The van der Waals surface area contributed by atoms with Crippen molar-refractivity contribution in [1.29, 1.82) is 0 Å². The first-order valence-electron chi connectivity index (χ1n) is 0.333. The van der Waals surface area contributed by atoms with Crippen LogP contribution >= 0.6 is 0 Å². The van der Waals surface area contributed by atoms with Gasteiger partial charge in [-0.15, -0.1) is 0 Å². The fraction of sp³-hybridized carbons (Fsp3) is 0. The molecule has 0 unspecified atom stereocenters. The molecule has 0 aliphatic carbocycles.